The minimum Gasteiger partial charge on any atom is -0.478 e. The smallest absolute Gasteiger partial charge is 0.336 e. The molecule has 10 heteroatoms. The number of carboxylic acids is 1. The molecule has 1 unspecified atom stereocenters. The number of anilines is 2. The summed E-state index contributed by atoms with van der Waals surface area (Å²) in [6, 6.07) is 8.91. The molecule has 2 aromatic carbocycles. The first kappa shape index (κ1) is 25.9. The minimum absolute atomic E-state index is 0.00673. The predicted octanol–water partition coefficient (Wildman–Crippen LogP) is 5.08. The molecule has 4 rings (SSSR count). The minimum atomic E-state index is -1.22. The average molecular weight is 508 g/mol. The maximum Gasteiger partial charge on any atom is 0.336 e. The first-order valence-corrected chi connectivity index (χ1v) is 12.1. The standard InChI is InChI=1S/C27H30FN5O4/c1-15(2)19-8-7-18(14-16(19)3)29-27(37)32-12-5-6-22(32)25(34)30-23-11-13-33(31-23)21-10-9-20(26(35)36)17(4)24(21)28/h7-11,13-15,22H,5-6,12H2,1-4H3,(H,29,37)(H,35,36)(H,30,31,34). The van der Waals surface area contributed by atoms with Gasteiger partial charge in [0.1, 0.15) is 11.7 Å². The second kappa shape index (κ2) is 10.4. The van der Waals surface area contributed by atoms with Crippen LogP contribution in [0.3, 0.4) is 0 Å². The van der Waals surface area contributed by atoms with Crippen LogP contribution in [0.1, 0.15) is 59.7 Å². The summed E-state index contributed by atoms with van der Waals surface area (Å²) in [6.07, 6.45) is 2.66. The maximum atomic E-state index is 14.8. The van der Waals surface area contributed by atoms with Gasteiger partial charge in [-0.2, -0.15) is 0 Å². The first-order chi connectivity index (χ1) is 17.6. The highest BCUT2D eigenvalue weighted by atomic mass is 19.1. The molecule has 3 amide bonds. The van der Waals surface area contributed by atoms with Gasteiger partial charge >= 0.3 is 12.0 Å². The van der Waals surface area contributed by atoms with Crippen molar-refractivity contribution in [2.45, 2.75) is 52.5 Å². The fourth-order valence-corrected chi connectivity index (χ4v) is 4.69. The van der Waals surface area contributed by atoms with Gasteiger partial charge in [-0.3, -0.25) is 4.79 Å². The lowest BCUT2D eigenvalue weighted by atomic mass is 9.98. The summed E-state index contributed by atoms with van der Waals surface area (Å²) in [4.78, 5) is 38.7. The van der Waals surface area contributed by atoms with Crippen molar-refractivity contribution in [2.75, 3.05) is 17.2 Å². The number of nitrogens with one attached hydrogen (secondary N) is 2. The van der Waals surface area contributed by atoms with Gasteiger partial charge in [-0.1, -0.05) is 19.9 Å². The average Bonchev–Trinajstić information content (AvgIpc) is 3.50. The van der Waals surface area contributed by atoms with Crippen molar-refractivity contribution in [3.8, 4) is 5.69 Å². The van der Waals surface area contributed by atoms with E-state index in [9.17, 15) is 23.9 Å². The van der Waals surface area contributed by atoms with Crippen LogP contribution in [0.25, 0.3) is 5.69 Å². The topological polar surface area (TPSA) is 117 Å². The molecule has 3 aromatic rings. The number of hydrogen-bond acceptors (Lipinski definition) is 4. The summed E-state index contributed by atoms with van der Waals surface area (Å²) < 4.78 is 16.0. The molecule has 0 saturated carbocycles. The third-order valence-corrected chi connectivity index (χ3v) is 6.64. The van der Waals surface area contributed by atoms with E-state index in [0.717, 1.165) is 5.56 Å². The number of hydrogen-bond donors (Lipinski definition) is 3. The number of carbonyl (C=O) groups is 3. The SMILES string of the molecule is Cc1cc(NC(=O)N2CCCC2C(=O)Nc2ccn(-c3ccc(C(=O)O)c(C)c3F)n2)ccc1C(C)C. The number of benzene rings is 2. The summed E-state index contributed by atoms with van der Waals surface area (Å²) in [7, 11) is 0. The van der Waals surface area contributed by atoms with Gasteiger partial charge < -0.3 is 20.6 Å². The quantitative estimate of drug-likeness (QED) is 0.430. The number of urea groups is 1. The van der Waals surface area contributed by atoms with Gasteiger partial charge in [-0.05, 0) is 68.0 Å². The Bertz CT molecular complexity index is 1370. The zero-order chi connectivity index (χ0) is 26.9. The van der Waals surface area contributed by atoms with Crippen LogP contribution >= 0.6 is 0 Å². The molecular formula is C27H30FN5O4. The van der Waals surface area contributed by atoms with Crippen LogP contribution in [0.2, 0.25) is 0 Å². The monoisotopic (exact) mass is 507 g/mol. The Morgan fingerprint density at radius 1 is 1.11 bits per heavy atom. The number of rotatable bonds is 6. The summed E-state index contributed by atoms with van der Waals surface area (Å²) in [5.74, 6) is -1.75. The number of carbonyl (C=O) groups excluding carboxylic acids is 2. The van der Waals surface area contributed by atoms with Crippen molar-refractivity contribution in [2.24, 2.45) is 0 Å². The highest BCUT2D eigenvalue weighted by Crippen LogP contribution is 2.25. The molecule has 3 N–H and O–H groups in total. The molecule has 1 saturated heterocycles. The van der Waals surface area contributed by atoms with E-state index >= 15 is 0 Å². The van der Waals surface area contributed by atoms with Gasteiger partial charge in [0.25, 0.3) is 0 Å². The maximum absolute atomic E-state index is 14.8. The number of halogens is 1. The van der Waals surface area contributed by atoms with Crippen LogP contribution in [0, 0.1) is 19.7 Å². The highest BCUT2D eigenvalue weighted by molar-refractivity contribution is 5.99. The van der Waals surface area contributed by atoms with E-state index in [-0.39, 0.29) is 34.6 Å². The largest absolute Gasteiger partial charge is 0.478 e. The van der Waals surface area contributed by atoms with Crippen LogP contribution < -0.4 is 10.6 Å². The summed E-state index contributed by atoms with van der Waals surface area (Å²) >= 11 is 0. The zero-order valence-corrected chi connectivity index (χ0v) is 21.2. The normalized spacial score (nSPS) is 15.2. The van der Waals surface area contributed by atoms with E-state index in [1.807, 2.05) is 25.1 Å². The van der Waals surface area contributed by atoms with Gasteiger partial charge in [0.2, 0.25) is 5.91 Å². The number of amides is 3. The Kier molecular flexibility index (Phi) is 7.28. The molecule has 1 fully saturated rings. The number of likely N-dealkylation sites (tertiary alicyclic amines) is 1. The first-order valence-electron chi connectivity index (χ1n) is 12.1. The predicted molar refractivity (Wildman–Crippen MR) is 138 cm³/mol. The van der Waals surface area contributed by atoms with Gasteiger partial charge in [0.05, 0.1) is 5.56 Å². The van der Waals surface area contributed by atoms with Crippen LogP contribution in [0.15, 0.2) is 42.6 Å². The van der Waals surface area contributed by atoms with E-state index in [4.69, 9.17) is 0 Å². The molecule has 2 heterocycles. The Morgan fingerprint density at radius 3 is 2.54 bits per heavy atom. The second-order valence-electron chi connectivity index (χ2n) is 9.52. The molecule has 0 spiro atoms. The van der Waals surface area contributed by atoms with Crippen LogP contribution in [-0.4, -0.2) is 50.3 Å². The van der Waals surface area contributed by atoms with Crippen molar-refractivity contribution in [1.82, 2.24) is 14.7 Å². The lowest BCUT2D eigenvalue weighted by Gasteiger charge is -2.24. The molecular weight excluding hydrogens is 477 g/mol. The van der Waals surface area contributed by atoms with Gasteiger partial charge in [-0.25, -0.2) is 18.7 Å². The zero-order valence-electron chi connectivity index (χ0n) is 21.2. The molecule has 37 heavy (non-hydrogen) atoms. The van der Waals surface area contributed by atoms with E-state index in [1.54, 1.807) is 0 Å². The van der Waals surface area contributed by atoms with E-state index in [0.29, 0.717) is 31.0 Å². The molecule has 194 valence electrons. The second-order valence-corrected chi connectivity index (χ2v) is 9.52. The fourth-order valence-electron chi connectivity index (χ4n) is 4.69. The van der Waals surface area contributed by atoms with Crippen molar-refractivity contribution in [1.29, 1.82) is 0 Å². The third-order valence-electron chi connectivity index (χ3n) is 6.64. The molecule has 0 bridgehead atoms. The Morgan fingerprint density at radius 2 is 1.86 bits per heavy atom. The van der Waals surface area contributed by atoms with E-state index in [2.05, 4.69) is 29.6 Å². The van der Waals surface area contributed by atoms with Crippen molar-refractivity contribution in [3.63, 3.8) is 0 Å². The van der Waals surface area contributed by atoms with Crippen LogP contribution in [0.5, 0.6) is 0 Å². The summed E-state index contributed by atoms with van der Waals surface area (Å²) in [5, 5.41) is 19.0. The lowest BCUT2D eigenvalue weighted by Crippen LogP contribution is -2.45. The van der Waals surface area contributed by atoms with Crippen molar-refractivity contribution < 1.29 is 23.9 Å². The Balaban J connectivity index is 1.44. The van der Waals surface area contributed by atoms with Gasteiger partial charge in [0, 0.05) is 30.1 Å². The Hall–Kier alpha value is -4.21. The van der Waals surface area contributed by atoms with Crippen LogP contribution in [-0.2, 0) is 4.79 Å². The number of carboxylic acid groups (broad SMARTS) is 1. The molecule has 0 radical (unpaired) electrons. The fraction of sp³-hybridized carbons (Fsp3) is 0.333. The van der Waals surface area contributed by atoms with Crippen LogP contribution in [0.4, 0.5) is 20.7 Å². The molecule has 1 aromatic heterocycles. The van der Waals surface area contributed by atoms with E-state index in [1.165, 1.54) is 46.5 Å². The number of aryl methyl sites for hydroxylation is 1. The van der Waals surface area contributed by atoms with Gasteiger partial charge in [-0.15, -0.1) is 5.10 Å². The third kappa shape index (κ3) is 5.32. The number of aromatic nitrogens is 2. The van der Waals surface area contributed by atoms with E-state index < -0.39 is 17.8 Å². The summed E-state index contributed by atoms with van der Waals surface area (Å²) in [5.41, 5.74) is 2.89. The molecule has 1 aliphatic heterocycles. The van der Waals surface area contributed by atoms with Crippen molar-refractivity contribution in [3.05, 3.63) is 70.7 Å². The number of aromatic carboxylic acids is 1. The summed E-state index contributed by atoms with van der Waals surface area (Å²) in [6.45, 7) is 8.06. The number of nitrogens with zero attached hydrogens (tertiary/aromatic N) is 3. The van der Waals surface area contributed by atoms with Crippen molar-refractivity contribution >= 4 is 29.4 Å². The highest BCUT2D eigenvalue weighted by Gasteiger charge is 2.34. The molecule has 9 nitrogen and oxygen atoms in total. The lowest BCUT2D eigenvalue weighted by molar-refractivity contribution is -0.119. The molecule has 1 aliphatic rings. The molecule has 0 aliphatic carbocycles. The molecule has 1 atom stereocenters. The van der Waals surface area contributed by atoms with Gasteiger partial charge in [0.15, 0.2) is 11.6 Å². The Labute approximate surface area is 214 Å².